The summed E-state index contributed by atoms with van der Waals surface area (Å²) in [5.74, 6) is 0.390. The number of para-hydroxylation sites is 1. The molecule has 2 heterocycles. The van der Waals surface area contributed by atoms with Crippen LogP contribution in [-0.4, -0.2) is 57.8 Å². The Labute approximate surface area is 190 Å². The van der Waals surface area contributed by atoms with Crippen LogP contribution < -0.4 is 19.3 Å². The van der Waals surface area contributed by atoms with Gasteiger partial charge >= 0.3 is 0 Å². The van der Waals surface area contributed by atoms with Gasteiger partial charge in [0.2, 0.25) is 11.8 Å². The van der Waals surface area contributed by atoms with E-state index in [1.54, 1.807) is 49.3 Å². The third-order valence-corrected chi connectivity index (χ3v) is 6.51. The summed E-state index contributed by atoms with van der Waals surface area (Å²) < 4.78 is 17.0. The number of rotatable bonds is 8. The fourth-order valence-corrected chi connectivity index (χ4v) is 4.79. The number of hydrogen-bond acceptors (Lipinski definition) is 7. The minimum atomic E-state index is -0.498. The molecule has 1 fully saturated rings. The second kappa shape index (κ2) is 9.54. The van der Waals surface area contributed by atoms with Crippen LogP contribution in [0, 0.1) is 5.92 Å². The van der Waals surface area contributed by atoms with Gasteiger partial charge in [0, 0.05) is 26.1 Å². The molecule has 0 saturated carbocycles. The van der Waals surface area contributed by atoms with E-state index >= 15 is 0 Å². The number of benzene rings is 2. The van der Waals surface area contributed by atoms with E-state index in [4.69, 9.17) is 14.2 Å². The summed E-state index contributed by atoms with van der Waals surface area (Å²) in [5, 5.41) is 0.609. The Morgan fingerprint density at radius 2 is 2.00 bits per heavy atom. The molecule has 0 bridgehead atoms. The van der Waals surface area contributed by atoms with Crippen LogP contribution in [0.25, 0.3) is 10.2 Å². The maximum absolute atomic E-state index is 13.5. The second-order valence-corrected chi connectivity index (χ2v) is 8.40. The fraction of sp³-hybridized carbons (Fsp3) is 0.348. The van der Waals surface area contributed by atoms with Gasteiger partial charge in [-0.3, -0.25) is 14.5 Å². The van der Waals surface area contributed by atoms with E-state index in [2.05, 4.69) is 4.98 Å². The molecule has 0 radical (unpaired) electrons. The molecule has 1 unspecified atom stereocenters. The van der Waals surface area contributed by atoms with Crippen molar-refractivity contribution in [3.8, 4) is 11.5 Å². The van der Waals surface area contributed by atoms with E-state index in [0.29, 0.717) is 35.5 Å². The first-order valence-corrected chi connectivity index (χ1v) is 11.1. The van der Waals surface area contributed by atoms with Crippen LogP contribution in [0.15, 0.2) is 42.5 Å². The minimum absolute atomic E-state index is 0.119. The van der Waals surface area contributed by atoms with Crippen LogP contribution in [0.4, 0.5) is 10.8 Å². The summed E-state index contributed by atoms with van der Waals surface area (Å²) in [7, 11) is 4.71. The average Bonchev–Trinajstić information content (AvgIpc) is 3.42. The van der Waals surface area contributed by atoms with E-state index in [0.717, 1.165) is 10.2 Å². The standard InChI is InChI=1S/C23H25N3O5S/c1-29-11-10-25(23-24-17-6-4-5-7-20(17)32-23)22(28)15-12-21(27)26(14-15)18-13-16(30-2)8-9-19(18)31-3/h4-9,13,15H,10-12,14H2,1-3H3. The van der Waals surface area contributed by atoms with E-state index in [-0.39, 0.29) is 24.8 Å². The highest BCUT2D eigenvalue weighted by molar-refractivity contribution is 7.22. The van der Waals surface area contributed by atoms with E-state index in [9.17, 15) is 9.59 Å². The molecule has 1 atom stereocenters. The molecule has 32 heavy (non-hydrogen) atoms. The van der Waals surface area contributed by atoms with Crippen molar-refractivity contribution < 1.29 is 23.8 Å². The highest BCUT2D eigenvalue weighted by atomic mass is 32.1. The van der Waals surface area contributed by atoms with Crippen LogP contribution in [-0.2, 0) is 14.3 Å². The van der Waals surface area contributed by atoms with E-state index < -0.39 is 5.92 Å². The molecule has 0 spiro atoms. The Hall–Kier alpha value is -3.17. The molecule has 168 valence electrons. The SMILES string of the molecule is COCCN(C(=O)C1CC(=O)N(c2cc(OC)ccc2OC)C1)c1nc2ccccc2s1. The zero-order valence-corrected chi connectivity index (χ0v) is 19.1. The number of carbonyl (C=O) groups excluding carboxylic acids is 2. The Balaban J connectivity index is 1.60. The number of methoxy groups -OCH3 is 3. The highest BCUT2D eigenvalue weighted by Gasteiger charge is 2.39. The van der Waals surface area contributed by atoms with Gasteiger partial charge in [0.25, 0.3) is 0 Å². The second-order valence-electron chi connectivity index (χ2n) is 7.39. The van der Waals surface area contributed by atoms with Gasteiger partial charge in [-0.2, -0.15) is 0 Å². The van der Waals surface area contributed by atoms with Crippen LogP contribution in [0.2, 0.25) is 0 Å². The summed E-state index contributed by atoms with van der Waals surface area (Å²) in [4.78, 5) is 34.3. The number of thiazole rings is 1. The summed E-state index contributed by atoms with van der Waals surface area (Å²) in [6.45, 7) is 0.994. The smallest absolute Gasteiger partial charge is 0.234 e. The molecule has 4 rings (SSSR count). The van der Waals surface area contributed by atoms with Crippen LogP contribution in [0.5, 0.6) is 11.5 Å². The van der Waals surface area contributed by atoms with Gasteiger partial charge in [0.05, 0.1) is 49.2 Å². The number of hydrogen-bond donors (Lipinski definition) is 0. The molecular weight excluding hydrogens is 430 g/mol. The van der Waals surface area contributed by atoms with Crippen molar-refractivity contribution in [2.75, 3.05) is 50.8 Å². The molecule has 1 aromatic heterocycles. The van der Waals surface area contributed by atoms with Crippen molar-refractivity contribution in [2.24, 2.45) is 5.92 Å². The third-order valence-electron chi connectivity index (χ3n) is 5.45. The normalized spacial score (nSPS) is 15.9. The number of carbonyl (C=O) groups is 2. The molecular formula is C23H25N3O5S. The van der Waals surface area contributed by atoms with Gasteiger partial charge in [-0.1, -0.05) is 23.5 Å². The molecule has 1 aliphatic heterocycles. The molecule has 2 aromatic carbocycles. The van der Waals surface area contributed by atoms with Crippen molar-refractivity contribution in [1.82, 2.24) is 4.98 Å². The third kappa shape index (κ3) is 4.26. The monoisotopic (exact) mass is 455 g/mol. The summed E-state index contributed by atoms with van der Waals surface area (Å²) >= 11 is 1.46. The first kappa shape index (κ1) is 22.0. The molecule has 1 aliphatic rings. The van der Waals surface area contributed by atoms with Crippen molar-refractivity contribution in [2.45, 2.75) is 6.42 Å². The Morgan fingerprint density at radius 3 is 2.72 bits per heavy atom. The predicted octanol–water partition coefficient (Wildman–Crippen LogP) is 3.35. The first-order valence-electron chi connectivity index (χ1n) is 10.2. The topological polar surface area (TPSA) is 81.2 Å². The number of anilines is 2. The number of nitrogens with zero attached hydrogens (tertiary/aromatic N) is 3. The van der Waals surface area contributed by atoms with E-state index in [1.165, 1.54) is 11.3 Å². The fourth-order valence-electron chi connectivity index (χ4n) is 3.79. The molecule has 8 nitrogen and oxygen atoms in total. The number of aromatic nitrogens is 1. The molecule has 2 amide bonds. The maximum Gasteiger partial charge on any atom is 0.234 e. The predicted molar refractivity (Wildman–Crippen MR) is 124 cm³/mol. The molecule has 1 saturated heterocycles. The summed E-state index contributed by atoms with van der Waals surface area (Å²) in [6, 6.07) is 13.0. The van der Waals surface area contributed by atoms with Crippen molar-refractivity contribution in [1.29, 1.82) is 0 Å². The van der Waals surface area contributed by atoms with Gasteiger partial charge in [-0.15, -0.1) is 0 Å². The largest absolute Gasteiger partial charge is 0.497 e. The lowest BCUT2D eigenvalue weighted by molar-refractivity contribution is -0.124. The maximum atomic E-state index is 13.5. The van der Waals surface area contributed by atoms with Crippen LogP contribution in [0.1, 0.15) is 6.42 Å². The van der Waals surface area contributed by atoms with Crippen molar-refractivity contribution in [3.05, 3.63) is 42.5 Å². The first-order chi connectivity index (χ1) is 15.5. The Bertz CT molecular complexity index is 1100. The van der Waals surface area contributed by atoms with Gasteiger partial charge in [0.15, 0.2) is 5.13 Å². The quantitative estimate of drug-likeness (QED) is 0.518. The summed E-state index contributed by atoms with van der Waals surface area (Å²) in [6.07, 6.45) is 0.119. The van der Waals surface area contributed by atoms with Gasteiger partial charge in [-0.05, 0) is 24.3 Å². The lowest BCUT2D eigenvalue weighted by Gasteiger charge is -2.23. The van der Waals surface area contributed by atoms with Gasteiger partial charge in [-0.25, -0.2) is 4.98 Å². The Kier molecular flexibility index (Phi) is 6.57. The van der Waals surface area contributed by atoms with Gasteiger partial charge in [0.1, 0.15) is 11.5 Å². The number of amides is 2. The van der Waals surface area contributed by atoms with Crippen LogP contribution >= 0.6 is 11.3 Å². The van der Waals surface area contributed by atoms with Gasteiger partial charge < -0.3 is 19.1 Å². The molecule has 3 aromatic rings. The Morgan fingerprint density at radius 1 is 1.19 bits per heavy atom. The zero-order valence-electron chi connectivity index (χ0n) is 18.2. The average molecular weight is 456 g/mol. The molecule has 0 N–H and O–H groups in total. The van der Waals surface area contributed by atoms with Crippen molar-refractivity contribution >= 4 is 44.2 Å². The van der Waals surface area contributed by atoms with Crippen LogP contribution in [0.3, 0.4) is 0 Å². The number of fused-ring (bicyclic) bond motifs is 1. The highest BCUT2D eigenvalue weighted by Crippen LogP contribution is 2.37. The van der Waals surface area contributed by atoms with Crippen molar-refractivity contribution in [3.63, 3.8) is 0 Å². The summed E-state index contributed by atoms with van der Waals surface area (Å²) in [5.41, 5.74) is 1.43. The van der Waals surface area contributed by atoms with E-state index in [1.807, 2.05) is 24.3 Å². The number of ether oxygens (including phenoxy) is 3. The molecule has 0 aliphatic carbocycles. The lowest BCUT2D eigenvalue weighted by atomic mass is 10.1. The molecule has 9 heteroatoms. The lowest BCUT2D eigenvalue weighted by Crippen LogP contribution is -2.39. The minimum Gasteiger partial charge on any atom is -0.497 e. The zero-order chi connectivity index (χ0) is 22.7.